The van der Waals surface area contributed by atoms with Crippen molar-refractivity contribution in [1.82, 2.24) is 0 Å². The molecule has 4 nitrogen and oxygen atoms in total. The lowest BCUT2D eigenvalue weighted by Gasteiger charge is -2.21. The Bertz CT molecular complexity index is 270. The van der Waals surface area contributed by atoms with Crippen molar-refractivity contribution >= 4 is 7.74 Å². The first kappa shape index (κ1) is 16.7. The Labute approximate surface area is 105 Å². The van der Waals surface area contributed by atoms with Crippen LogP contribution in [0.1, 0.15) is 40.5 Å². The zero-order valence-electron chi connectivity index (χ0n) is 11.4. The molecule has 17 heavy (non-hydrogen) atoms. The van der Waals surface area contributed by atoms with Crippen molar-refractivity contribution in [1.29, 1.82) is 0 Å². The summed E-state index contributed by atoms with van der Waals surface area (Å²) in [5.41, 5.74) is 0. The molecule has 0 saturated carbocycles. The van der Waals surface area contributed by atoms with Crippen LogP contribution in [0.2, 0.25) is 0 Å². The first-order valence-corrected chi connectivity index (χ1v) is 7.71. The van der Waals surface area contributed by atoms with E-state index in [1.165, 1.54) is 0 Å². The van der Waals surface area contributed by atoms with Gasteiger partial charge in [0.15, 0.2) is 0 Å². The minimum atomic E-state index is -2.52. The maximum absolute atomic E-state index is 5.55. The van der Waals surface area contributed by atoms with Crippen molar-refractivity contribution in [3.8, 4) is 11.8 Å². The van der Waals surface area contributed by atoms with Crippen molar-refractivity contribution < 1.29 is 13.6 Å². The van der Waals surface area contributed by atoms with Gasteiger partial charge in [-0.25, -0.2) is 4.74 Å². The second-order valence-electron chi connectivity index (χ2n) is 3.12. The van der Waals surface area contributed by atoms with Crippen molar-refractivity contribution in [3.63, 3.8) is 0 Å². The highest BCUT2D eigenvalue weighted by atomic mass is 31.2. The first-order chi connectivity index (χ1) is 8.24. The molecule has 0 saturated heterocycles. The zero-order chi connectivity index (χ0) is 13.0. The molecule has 0 heterocycles. The summed E-state index contributed by atoms with van der Waals surface area (Å²) in [4.78, 5) is 0. The van der Waals surface area contributed by atoms with E-state index in [1.807, 2.05) is 20.8 Å². The van der Waals surface area contributed by atoms with Gasteiger partial charge in [0.1, 0.15) is 6.54 Å². The molecule has 0 amide bonds. The van der Waals surface area contributed by atoms with E-state index >= 15 is 0 Å². The molecule has 0 bridgehead atoms. The van der Waals surface area contributed by atoms with E-state index in [4.69, 9.17) is 13.6 Å². The fourth-order valence-electron chi connectivity index (χ4n) is 1.11. The van der Waals surface area contributed by atoms with E-state index in [9.17, 15) is 0 Å². The summed E-state index contributed by atoms with van der Waals surface area (Å²) in [7, 11) is -2.52. The predicted octanol–water partition coefficient (Wildman–Crippen LogP) is 3.85. The highest BCUT2D eigenvalue weighted by molar-refractivity contribution is 7.51. The van der Waals surface area contributed by atoms with Crippen LogP contribution >= 0.6 is 7.74 Å². The number of hydrogen-bond acceptors (Lipinski definition) is 4. The summed E-state index contributed by atoms with van der Waals surface area (Å²) < 4.78 is 21.0. The minimum absolute atomic E-state index is 0.410. The van der Waals surface area contributed by atoms with Crippen LogP contribution in [0.5, 0.6) is 0 Å². The third kappa shape index (κ3) is 7.57. The number of nitrogens with zero attached hydrogens (tertiary/aromatic N) is 1. The Morgan fingerprint density at radius 3 is 1.82 bits per heavy atom. The van der Waals surface area contributed by atoms with Gasteiger partial charge in [-0.1, -0.05) is 12.8 Å². The summed E-state index contributed by atoms with van der Waals surface area (Å²) in [6.07, 6.45) is 1.97. The van der Waals surface area contributed by atoms with E-state index in [1.54, 1.807) is 0 Å². The van der Waals surface area contributed by atoms with Gasteiger partial charge >= 0.3 is 7.74 Å². The Hall–Kier alpha value is -0.330. The molecule has 0 fully saturated rings. The largest absolute Gasteiger partial charge is 0.356 e. The van der Waals surface area contributed by atoms with Gasteiger partial charge in [-0.2, -0.15) is 0 Å². The summed E-state index contributed by atoms with van der Waals surface area (Å²) in [6, 6.07) is 0. The molecule has 0 aromatic rings. The van der Waals surface area contributed by atoms with E-state index in [0.717, 1.165) is 12.8 Å². The fraction of sp³-hybridized carbons (Fsp3) is 0.833. The normalized spacial score (nSPS) is 10.8. The van der Waals surface area contributed by atoms with E-state index in [-0.39, 0.29) is 0 Å². The quantitative estimate of drug-likeness (QED) is 0.492. The first-order valence-electron chi connectivity index (χ1n) is 6.22. The van der Waals surface area contributed by atoms with E-state index in [0.29, 0.717) is 26.4 Å². The maximum atomic E-state index is 5.55. The summed E-state index contributed by atoms with van der Waals surface area (Å²) >= 11 is 0. The number of hydrogen-bond donors (Lipinski definition) is 0. The smallest absolute Gasteiger partial charge is 0.303 e. The SMILES string of the molecule is CCCC#CCN=P(OCC)(OCC)OCC. The van der Waals surface area contributed by atoms with Gasteiger partial charge in [0.05, 0.1) is 19.8 Å². The van der Waals surface area contributed by atoms with Crippen molar-refractivity contribution in [2.24, 2.45) is 4.74 Å². The molecule has 0 spiro atoms. The molecule has 0 aliphatic heterocycles. The lowest BCUT2D eigenvalue weighted by molar-refractivity contribution is 0.162. The summed E-state index contributed by atoms with van der Waals surface area (Å²) in [5.74, 6) is 6.03. The van der Waals surface area contributed by atoms with Gasteiger partial charge in [0.25, 0.3) is 0 Å². The monoisotopic (exact) mass is 261 g/mol. The third-order valence-electron chi connectivity index (χ3n) is 1.70. The van der Waals surface area contributed by atoms with Gasteiger partial charge in [0, 0.05) is 6.42 Å². The molecular formula is C12H24NO3P. The Morgan fingerprint density at radius 2 is 1.41 bits per heavy atom. The van der Waals surface area contributed by atoms with Crippen LogP contribution in [0.3, 0.4) is 0 Å². The van der Waals surface area contributed by atoms with Crippen LogP contribution in [-0.4, -0.2) is 26.4 Å². The topological polar surface area (TPSA) is 40.0 Å². The molecule has 100 valence electrons. The van der Waals surface area contributed by atoms with Crippen molar-refractivity contribution in [2.45, 2.75) is 40.5 Å². The summed E-state index contributed by atoms with van der Waals surface area (Å²) in [5, 5.41) is 0. The molecule has 0 atom stereocenters. The molecule has 0 N–H and O–H groups in total. The molecule has 0 rings (SSSR count). The number of unbranched alkanes of at least 4 members (excludes halogenated alkanes) is 1. The Morgan fingerprint density at radius 1 is 0.882 bits per heavy atom. The highest BCUT2D eigenvalue weighted by Gasteiger charge is 2.21. The standard InChI is InChI=1S/C12H24NO3P/c1-5-9-10-11-12-13-17(14-6-2,15-7-3)16-8-4/h5-9,12H2,1-4H3. The van der Waals surface area contributed by atoms with Crippen LogP contribution in [0.15, 0.2) is 4.74 Å². The Kier molecular flexibility index (Phi) is 10.6. The van der Waals surface area contributed by atoms with Gasteiger partial charge in [-0.3, -0.25) is 0 Å². The summed E-state index contributed by atoms with van der Waals surface area (Å²) in [6.45, 7) is 9.82. The maximum Gasteiger partial charge on any atom is 0.356 e. The molecule has 0 aliphatic carbocycles. The second kappa shape index (κ2) is 10.8. The van der Waals surface area contributed by atoms with Gasteiger partial charge < -0.3 is 13.6 Å². The van der Waals surface area contributed by atoms with Gasteiger partial charge in [0.2, 0.25) is 0 Å². The highest BCUT2D eigenvalue weighted by Crippen LogP contribution is 2.52. The van der Waals surface area contributed by atoms with Crippen molar-refractivity contribution in [2.75, 3.05) is 26.4 Å². The fourth-order valence-corrected chi connectivity index (χ4v) is 2.81. The molecule has 5 heteroatoms. The van der Waals surface area contributed by atoms with Crippen LogP contribution < -0.4 is 0 Å². The van der Waals surface area contributed by atoms with Crippen LogP contribution in [0, 0.1) is 11.8 Å². The molecule has 0 aliphatic rings. The van der Waals surface area contributed by atoms with Crippen LogP contribution in [0.25, 0.3) is 0 Å². The second-order valence-corrected chi connectivity index (χ2v) is 5.12. The van der Waals surface area contributed by atoms with Gasteiger partial charge in [-0.15, -0.1) is 5.92 Å². The molecule has 0 unspecified atom stereocenters. The number of rotatable bonds is 8. The average Bonchev–Trinajstić information content (AvgIpc) is 2.30. The van der Waals surface area contributed by atoms with Crippen molar-refractivity contribution in [3.05, 3.63) is 0 Å². The molecular weight excluding hydrogens is 237 g/mol. The lowest BCUT2D eigenvalue weighted by Crippen LogP contribution is -2.01. The van der Waals surface area contributed by atoms with E-state index < -0.39 is 7.74 Å². The van der Waals surface area contributed by atoms with Crippen LogP contribution in [0.4, 0.5) is 0 Å². The predicted molar refractivity (Wildman–Crippen MR) is 71.8 cm³/mol. The molecule has 0 radical (unpaired) electrons. The zero-order valence-corrected chi connectivity index (χ0v) is 12.3. The average molecular weight is 261 g/mol. The minimum Gasteiger partial charge on any atom is -0.303 e. The lowest BCUT2D eigenvalue weighted by atomic mass is 10.3. The van der Waals surface area contributed by atoms with E-state index in [2.05, 4.69) is 23.5 Å². The molecule has 0 aromatic carbocycles. The third-order valence-corrected chi connectivity index (χ3v) is 3.94. The van der Waals surface area contributed by atoms with Crippen LogP contribution in [-0.2, 0) is 13.6 Å². The molecule has 0 aromatic heterocycles. The Balaban J connectivity index is 4.62. The van der Waals surface area contributed by atoms with Gasteiger partial charge in [-0.05, 0) is 27.2 Å².